The topological polar surface area (TPSA) is 72.8 Å². The molecule has 5 fully saturated rings. The van der Waals surface area contributed by atoms with E-state index in [0.717, 1.165) is 32.1 Å². The Hall–Kier alpha value is -1.36. The molecule has 0 aromatic carbocycles. The predicted octanol–water partition coefficient (Wildman–Crippen LogP) is 3.64. The molecule has 0 aromatic rings. The molecule has 1 heterocycles. The van der Waals surface area contributed by atoms with Crippen LogP contribution in [0.1, 0.15) is 65.7 Å². The highest BCUT2D eigenvalue weighted by molar-refractivity contribution is 5.75. The molecule has 4 saturated carbocycles. The Morgan fingerprint density at radius 1 is 1.28 bits per heavy atom. The summed E-state index contributed by atoms with van der Waals surface area (Å²) in [5.41, 5.74) is 0.507. The molecule has 0 amide bonds. The van der Waals surface area contributed by atoms with Gasteiger partial charge >= 0.3 is 11.9 Å². The highest BCUT2D eigenvalue weighted by Crippen LogP contribution is 2.66. The number of rotatable bonds is 1. The minimum atomic E-state index is -0.806. The number of carbonyl (C=O) groups excluding carboxylic acids is 2. The van der Waals surface area contributed by atoms with Gasteiger partial charge in [0, 0.05) is 25.2 Å². The van der Waals surface area contributed by atoms with Gasteiger partial charge in [0.1, 0.15) is 12.2 Å². The minimum Gasteiger partial charge on any atom is -0.462 e. The monoisotopic (exact) mass is 402 g/mol. The Morgan fingerprint density at radius 2 is 2.03 bits per heavy atom. The second kappa shape index (κ2) is 6.32. The molecule has 5 aliphatic rings. The molecule has 5 rings (SSSR count). The average molecular weight is 403 g/mol. The lowest BCUT2D eigenvalue weighted by atomic mass is 9.55. The molecule has 0 aromatic heterocycles. The first-order chi connectivity index (χ1) is 13.6. The van der Waals surface area contributed by atoms with E-state index in [1.54, 1.807) is 0 Å². The third-order valence-corrected chi connectivity index (χ3v) is 9.60. The first-order valence-corrected chi connectivity index (χ1v) is 11.4. The number of aliphatic hydroxyl groups is 1. The van der Waals surface area contributed by atoms with Gasteiger partial charge in [-0.15, -0.1) is 0 Å². The third kappa shape index (κ3) is 2.68. The van der Waals surface area contributed by atoms with Gasteiger partial charge in [-0.2, -0.15) is 0 Å². The van der Waals surface area contributed by atoms with Crippen LogP contribution in [0.3, 0.4) is 0 Å². The summed E-state index contributed by atoms with van der Waals surface area (Å²) in [4.78, 5) is 23.6. The summed E-state index contributed by atoms with van der Waals surface area (Å²) in [6.07, 6.45) is 5.94. The largest absolute Gasteiger partial charge is 0.462 e. The molecule has 1 N–H and O–H groups in total. The van der Waals surface area contributed by atoms with Crippen molar-refractivity contribution < 1.29 is 24.2 Å². The van der Waals surface area contributed by atoms with E-state index in [2.05, 4.69) is 13.5 Å². The number of esters is 2. The van der Waals surface area contributed by atoms with Crippen molar-refractivity contribution in [2.45, 2.75) is 83.5 Å². The van der Waals surface area contributed by atoms with Crippen molar-refractivity contribution in [2.75, 3.05) is 0 Å². The fraction of sp³-hybridized carbons (Fsp3) is 0.833. The highest BCUT2D eigenvalue weighted by atomic mass is 16.6. The Bertz CT molecular complexity index is 760. The van der Waals surface area contributed by atoms with Crippen molar-refractivity contribution in [1.29, 1.82) is 0 Å². The van der Waals surface area contributed by atoms with Crippen LogP contribution in [0.2, 0.25) is 0 Å². The van der Waals surface area contributed by atoms with E-state index in [0.29, 0.717) is 36.5 Å². The molecule has 0 bridgehead atoms. The lowest BCUT2D eigenvalue weighted by Crippen LogP contribution is -2.43. The van der Waals surface area contributed by atoms with Crippen LogP contribution in [-0.4, -0.2) is 34.9 Å². The Morgan fingerprint density at radius 3 is 2.76 bits per heavy atom. The lowest BCUT2D eigenvalue weighted by molar-refractivity contribution is -0.147. The molecular formula is C24H34O5. The SMILES string of the molecule is C=C1[C@H]2CC[C@]3(C)[C@@H]4[C@H](C[C@H]3[C@@H]2CC[C@@]2(O)C[C@@H](OC(C)=O)C[C@@H]12)OC(=O)[C@H]4C. The van der Waals surface area contributed by atoms with Crippen molar-refractivity contribution in [3.8, 4) is 0 Å². The van der Waals surface area contributed by atoms with Crippen LogP contribution in [0.4, 0.5) is 0 Å². The maximum absolute atomic E-state index is 12.2. The number of carbonyl (C=O) groups is 2. The Kier molecular flexibility index (Phi) is 4.27. The van der Waals surface area contributed by atoms with Crippen LogP contribution in [0.25, 0.3) is 0 Å². The molecule has 29 heavy (non-hydrogen) atoms. The van der Waals surface area contributed by atoms with Crippen LogP contribution in [-0.2, 0) is 19.1 Å². The lowest BCUT2D eigenvalue weighted by Gasteiger charge is -2.49. The summed E-state index contributed by atoms with van der Waals surface area (Å²) in [7, 11) is 0. The number of hydrogen-bond donors (Lipinski definition) is 1. The summed E-state index contributed by atoms with van der Waals surface area (Å²) in [6, 6.07) is 0. The van der Waals surface area contributed by atoms with E-state index in [-0.39, 0.29) is 41.4 Å². The van der Waals surface area contributed by atoms with E-state index in [1.165, 1.54) is 12.5 Å². The Labute approximate surface area is 173 Å². The molecule has 0 spiro atoms. The Balaban J connectivity index is 1.41. The molecular weight excluding hydrogens is 368 g/mol. The normalized spacial score (nSPS) is 53.4. The summed E-state index contributed by atoms with van der Waals surface area (Å²) >= 11 is 0. The van der Waals surface area contributed by atoms with Crippen molar-refractivity contribution in [1.82, 2.24) is 0 Å². The molecule has 5 heteroatoms. The van der Waals surface area contributed by atoms with Crippen LogP contribution in [0, 0.1) is 40.9 Å². The molecule has 0 radical (unpaired) electrons. The van der Waals surface area contributed by atoms with E-state index in [9.17, 15) is 14.7 Å². The fourth-order valence-corrected chi connectivity index (χ4v) is 8.47. The van der Waals surface area contributed by atoms with E-state index in [4.69, 9.17) is 9.47 Å². The van der Waals surface area contributed by atoms with E-state index < -0.39 is 5.60 Å². The second-order valence-electron chi connectivity index (χ2n) is 10.9. The van der Waals surface area contributed by atoms with Crippen molar-refractivity contribution in [2.24, 2.45) is 40.9 Å². The average Bonchev–Trinajstić information content (AvgIpc) is 3.19. The van der Waals surface area contributed by atoms with Gasteiger partial charge < -0.3 is 14.6 Å². The molecule has 5 nitrogen and oxygen atoms in total. The standard InChI is InChI=1S/C24H34O5/c1-12-16-5-7-23(4)19(10-20-21(23)13(2)22(26)29-20)17(16)6-8-24(27)11-15(9-18(12)24)28-14(3)25/h13,15-21,27H,1,5-11H2,2-4H3/t13-,15-,16+,17+,18-,19-,20-,21-,23-,24+/m0/s1. The van der Waals surface area contributed by atoms with Gasteiger partial charge in [-0.3, -0.25) is 9.59 Å². The van der Waals surface area contributed by atoms with Crippen LogP contribution in [0.15, 0.2) is 12.2 Å². The van der Waals surface area contributed by atoms with Gasteiger partial charge in [-0.05, 0) is 61.7 Å². The molecule has 160 valence electrons. The molecule has 4 aliphatic carbocycles. The van der Waals surface area contributed by atoms with Crippen molar-refractivity contribution in [3.05, 3.63) is 12.2 Å². The maximum atomic E-state index is 12.2. The molecule has 1 aliphatic heterocycles. The van der Waals surface area contributed by atoms with Gasteiger partial charge in [-0.25, -0.2) is 0 Å². The molecule has 0 unspecified atom stereocenters. The summed E-state index contributed by atoms with van der Waals surface area (Å²) < 4.78 is 11.2. The van der Waals surface area contributed by atoms with Crippen molar-refractivity contribution in [3.63, 3.8) is 0 Å². The zero-order valence-electron chi connectivity index (χ0n) is 17.9. The van der Waals surface area contributed by atoms with Crippen LogP contribution >= 0.6 is 0 Å². The zero-order valence-corrected chi connectivity index (χ0v) is 17.9. The molecule has 10 atom stereocenters. The predicted molar refractivity (Wildman–Crippen MR) is 107 cm³/mol. The summed E-state index contributed by atoms with van der Waals surface area (Å²) in [5, 5.41) is 11.5. The van der Waals surface area contributed by atoms with Gasteiger partial charge in [0.2, 0.25) is 0 Å². The minimum absolute atomic E-state index is 0.00594. The molecule has 1 saturated heterocycles. The quantitative estimate of drug-likeness (QED) is 0.535. The highest BCUT2D eigenvalue weighted by Gasteiger charge is 2.65. The number of ether oxygens (including phenoxy) is 2. The first-order valence-electron chi connectivity index (χ1n) is 11.4. The van der Waals surface area contributed by atoms with Crippen LogP contribution < -0.4 is 0 Å². The third-order valence-electron chi connectivity index (χ3n) is 9.60. The smallest absolute Gasteiger partial charge is 0.309 e. The summed E-state index contributed by atoms with van der Waals surface area (Å²) in [5.74, 6) is 1.48. The van der Waals surface area contributed by atoms with E-state index in [1.807, 2.05) is 6.92 Å². The van der Waals surface area contributed by atoms with E-state index >= 15 is 0 Å². The number of fused-ring (bicyclic) bond motifs is 6. The van der Waals surface area contributed by atoms with Gasteiger partial charge in [0.05, 0.1) is 11.5 Å². The van der Waals surface area contributed by atoms with Gasteiger partial charge in [-0.1, -0.05) is 26.0 Å². The fourth-order valence-electron chi connectivity index (χ4n) is 8.47. The maximum Gasteiger partial charge on any atom is 0.309 e. The van der Waals surface area contributed by atoms with Gasteiger partial charge in [0.15, 0.2) is 0 Å². The second-order valence-corrected chi connectivity index (χ2v) is 10.9. The van der Waals surface area contributed by atoms with Crippen molar-refractivity contribution >= 4 is 11.9 Å². The van der Waals surface area contributed by atoms with Crippen LogP contribution in [0.5, 0.6) is 0 Å². The number of hydrogen-bond acceptors (Lipinski definition) is 5. The zero-order chi connectivity index (χ0) is 20.7. The van der Waals surface area contributed by atoms with Gasteiger partial charge in [0.25, 0.3) is 0 Å². The summed E-state index contributed by atoms with van der Waals surface area (Å²) in [6.45, 7) is 10.4. The first kappa shape index (κ1) is 19.6.